The van der Waals surface area contributed by atoms with Gasteiger partial charge in [-0.15, -0.1) is 0 Å². The first-order valence-electron chi connectivity index (χ1n) is 6.99. The van der Waals surface area contributed by atoms with Crippen LogP contribution >= 0.6 is 0 Å². The Morgan fingerprint density at radius 3 is 2.65 bits per heavy atom. The average Bonchev–Trinajstić information content (AvgIpc) is 2.56. The molecule has 0 saturated carbocycles. The summed E-state index contributed by atoms with van der Waals surface area (Å²) in [4.78, 5) is 16.3. The van der Waals surface area contributed by atoms with Gasteiger partial charge in [-0.05, 0) is 17.7 Å². The van der Waals surface area contributed by atoms with Gasteiger partial charge in [0.2, 0.25) is 0 Å². The Labute approximate surface area is 131 Å². The number of halogens is 1. The maximum absolute atomic E-state index is 13.7. The Balaban J connectivity index is 1.95. The summed E-state index contributed by atoms with van der Waals surface area (Å²) in [5.41, 5.74) is 0.876. The second kappa shape index (κ2) is 6.08. The monoisotopic (exact) mass is 314 g/mol. The van der Waals surface area contributed by atoms with Crippen LogP contribution in [0.25, 0.3) is 10.9 Å². The van der Waals surface area contributed by atoms with Gasteiger partial charge in [-0.3, -0.25) is 4.79 Å². The van der Waals surface area contributed by atoms with Gasteiger partial charge in [-0.1, -0.05) is 12.1 Å². The lowest BCUT2D eigenvalue weighted by Crippen LogP contribution is -2.18. The van der Waals surface area contributed by atoms with E-state index in [9.17, 15) is 9.18 Å². The van der Waals surface area contributed by atoms with Crippen LogP contribution in [0.4, 0.5) is 4.39 Å². The Bertz CT molecular complexity index is 904. The molecule has 0 aliphatic rings. The molecule has 6 heteroatoms. The van der Waals surface area contributed by atoms with Crippen LogP contribution in [0.2, 0.25) is 0 Å². The molecule has 0 N–H and O–H groups in total. The Morgan fingerprint density at radius 2 is 1.96 bits per heavy atom. The smallest absolute Gasteiger partial charge is 0.264 e. The number of nitrogens with zero attached hydrogens (tertiary/aromatic N) is 2. The fourth-order valence-corrected chi connectivity index (χ4v) is 2.26. The third-order valence-electron chi connectivity index (χ3n) is 3.50. The molecule has 5 nitrogen and oxygen atoms in total. The molecular formula is C17H15FN2O3. The first kappa shape index (κ1) is 15.0. The summed E-state index contributed by atoms with van der Waals surface area (Å²) >= 11 is 0. The van der Waals surface area contributed by atoms with Gasteiger partial charge in [0.25, 0.3) is 5.56 Å². The van der Waals surface area contributed by atoms with Gasteiger partial charge < -0.3 is 14.0 Å². The van der Waals surface area contributed by atoms with Crippen LogP contribution in [0.15, 0.2) is 47.5 Å². The predicted molar refractivity (Wildman–Crippen MR) is 84.3 cm³/mol. The van der Waals surface area contributed by atoms with E-state index >= 15 is 0 Å². The summed E-state index contributed by atoms with van der Waals surface area (Å²) in [6.07, 6.45) is 1.36. The molecule has 1 heterocycles. The predicted octanol–water partition coefficient (Wildman–Crippen LogP) is 2.66. The quantitative estimate of drug-likeness (QED) is 0.743. The summed E-state index contributed by atoms with van der Waals surface area (Å²) < 4.78 is 25.8. The fraction of sp³-hybridized carbons (Fsp3) is 0.176. The Kier molecular flexibility index (Phi) is 3.97. The van der Waals surface area contributed by atoms with E-state index in [4.69, 9.17) is 9.47 Å². The lowest BCUT2D eigenvalue weighted by Gasteiger charge is -2.10. The van der Waals surface area contributed by atoms with E-state index in [1.807, 2.05) is 24.3 Å². The molecule has 0 atom stereocenters. The molecule has 1 aromatic heterocycles. The van der Waals surface area contributed by atoms with Crippen molar-refractivity contribution in [3.63, 3.8) is 0 Å². The van der Waals surface area contributed by atoms with Crippen LogP contribution in [-0.4, -0.2) is 16.7 Å². The van der Waals surface area contributed by atoms with Gasteiger partial charge >= 0.3 is 0 Å². The minimum Gasteiger partial charge on any atom is -0.497 e. The number of methoxy groups -OCH3 is 1. The number of hydrogen-bond donors (Lipinski definition) is 0. The van der Waals surface area contributed by atoms with Crippen molar-refractivity contribution in [1.29, 1.82) is 0 Å². The molecule has 0 fully saturated rings. The van der Waals surface area contributed by atoms with Crippen molar-refractivity contribution in [2.75, 3.05) is 7.11 Å². The largest absolute Gasteiger partial charge is 0.497 e. The third kappa shape index (κ3) is 3.01. The first-order valence-corrected chi connectivity index (χ1v) is 6.99. The highest BCUT2D eigenvalue weighted by Gasteiger charge is 2.12. The lowest BCUT2D eigenvalue weighted by atomic mass is 10.2. The van der Waals surface area contributed by atoms with E-state index in [-0.39, 0.29) is 28.8 Å². The summed E-state index contributed by atoms with van der Waals surface area (Å²) in [5.74, 6) is 0.426. The van der Waals surface area contributed by atoms with Crippen molar-refractivity contribution in [1.82, 2.24) is 9.55 Å². The molecule has 2 aromatic carbocycles. The summed E-state index contributed by atoms with van der Waals surface area (Å²) in [6, 6.07) is 9.73. The zero-order chi connectivity index (χ0) is 16.4. The summed E-state index contributed by atoms with van der Waals surface area (Å²) in [7, 11) is 3.18. The number of fused-ring (bicyclic) bond motifs is 1. The molecule has 3 aromatic rings. The van der Waals surface area contributed by atoms with Gasteiger partial charge in [-0.2, -0.15) is 0 Å². The average molecular weight is 314 g/mol. The molecule has 3 rings (SSSR count). The third-order valence-corrected chi connectivity index (χ3v) is 3.50. The molecule has 0 bridgehead atoms. The zero-order valence-corrected chi connectivity index (χ0v) is 12.7. The number of benzene rings is 2. The van der Waals surface area contributed by atoms with E-state index < -0.39 is 5.82 Å². The number of rotatable bonds is 4. The van der Waals surface area contributed by atoms with Crippen molar-refractivity contribution >= 4 is 10.9 Å². The van der Waals surface area contributed by atoms with Crippen molar-refractivity contribution in [2.24, 2.45) is 7.05 Å². The standard InChI is InChI=1S/C17H15FN2O3/c1-20-10-19-14-7-12(18)8-15(16(14)17(20)21)23-9-11-3-5-13(22-2)6-4-11/h3-8,10H,9H2,1-2H3. The highest BCUT2D eigenvalue weighted by molar-refractivity contribution is 5.84. The molecule has 0 aliphatic heterocycles. The molecule has 23 heavy (non-hydrogen) atoms. The molecule has 0 amide bonds. The second-order valence-corrected chi connectivity index (χ2v) is 5.10. The minimum atomic E-state index is -0.497. The number of aromatic nitrogens is 2. The van der Waals surface area contributed by atoms with Crippen molar-refractivity contribution in [3.05, 3.63) is 64.5 Å². The second-order valence-electron chi connectivity index (χ2n) is 5.10. The number of hydrogen-bond acceptors (Lipinski definition) is 4. The topological polar surface area (TPSA) is 53.4 Å². The van der Waals surface area contributed by atoms with Crippen molar-refractivity contribution in [2.45, 2.75) is 6.61 Å². The molecule has 0 aliphatic carbocycles. The van der Waals surface area contributed by atoms with Gasteiger partial charge in [0.1, 0.15) is 29.3 Å². The van der Waals surface area contributed by atoms with Crippen LogP contribution in [0, 0.1) is 5.82 Å². The highest BCUT2D eigenvalue weighted by Crippen LogP contribution is 2.24. The minimum absolute atomic E-state index is 0.185. The zero-order valence-electron chi connectivity index (χ0n) is 12.7. The number of ether oxygens (including phenoxy) is 2. The van der Waals surface area contributed by atoms with Crippen molar-refractivity contribution in [3.8, 4) is 11.5 Å². The van der Waals surface area contributed by atoms with E-state index in [0.29, 0.717) is 0 Å². The van der Waals surface area contributed by atoms with E-state index in [1.165, 1.54) is 23.0 Å². The normalized spacial score (nSPS) is 10.7. The summed E-state index contributed by atoms with van der Waals surface area (Å²) in [6.45, 7) is 0.209. The van der Waals surface area contributed by atoms with E-state index in [1.54, 1.807) is 14.2 Å². The van der Waals surface area contributed by atoms with Gasteiger partial charge in [0, 0.05) is 19.2 Å². The van der Waals surface area contributed by atoms with Crippen LogP contribution in [0.3, 0.4) is 0 Å². The van der Waals surface area contributed by atoms with E-state index in [0.717, 1.165) is 11.3 Å². The van der Waals surface area contributed by atoms with Gasteiger partial charge in [0.05, 0.1) is 19.0 Å². The number of aryl methyl sites for hydroxylation is 1. The summed E-state index contributed by atoms with van der Waals surface area (Å²) in [5, 5.41) is 0.268. The van der Waals surface area contributed by atoms with Crippen LogP contribution < -0.4 is 15.0 Å². The van der Waals surface area contributed by atoms with E-state index in [2.05, 4.69) is 4.98 Å². The lowest BCUT2D eigenvalue weighted by molar-refractivity contribution is 0.308. The van der Waals surface area contributed by atoms with Gasteiger partial charge in [0.15, 0.2) is 0 Å². The maximum atomic E-state index is 13.7. The molecule has 118 valence electrons. The van der Waals surface area contributed by atoms with Crippen LogP contribution in [-0.2, 0) is 13.7 Å². The molecular weight excluding hydrogens is 299 g/mol. The maximum Gasteiger partial charge on any atom is 0.264 e. The van der Waals surface area contributed by atoms with Crippen LogP contribution in [0.1, 0.15) is 5.56 Å². The molecule has 0 unspecified atom stereocenters. The first-order chi connectivity index (χ1) is 11.1. The Morgan fingerprint density at radius 1 is 1.22 bits per heavy atom. The molecule has 0 saturated heterocycles. The SMILES string of the molecule is COc1ccc(COc2cc(F)cc3ncn(C)c(=O)c23)cc1. The highest BCUT2D eigenvalue weighted by atomic mass is 19.1. The molecule has 0 radical (unpaired) electrons. The molecule has 0 spiro atoms. The fourth-order valence-electron chi connectivity index (χ4n) is 2.26. The Hall–Kier alpha value is -2.89. The van der Waals surface area contributed by atoms with Crippen LogP contribution in [0.5, 0.6) is 11.5 Å². The van der Waals surface area contributed by atoms with Gasteiger partial charge in [-0.25, -0.2) is 9.37 Å². The van der Waals surface area contributed by atoms with Crippen molar-refractivity contribution < 1.29 is 13.9 Å².